The van der Waals surface area contributed by atoms with Gasteiger partial charge in [0, 0.05) is 39.3 Å². The van der Waals surface area contributed by atoms with Gasteiger partial charge in [-0.1, -0.05) is 6.07 Å². The number of piperidine rings is 1. The Bertz CT molecular complexity index is 1020. The van der Waals surface area contributed by atoms with Gasteiger partial charge in [0.1, 0.15) is 22.0 Å². The second kappa shape index (κ2) is 10.4. The number of sulfonamides is 1. The number of methoxy groups -OCH3 is 1. The lowest BCUT2D eigenvalue weighted by atomic mass is 9.97. The number of rotatable bonds is 9. The van der Waals surface area contributed by atoms with E-state index in [9.17, 15) is 18.0 Å². The number of nitrogens with one attached hydrogen (secondary N) is 2. The SMILES string of the molecule is COCCCNC(=O)[C@@H](C)NC(=O)C1CCN(S(=O)(=O)c2cccc3nsnc23)CC1. The summed E-state index contributed by atoms with van der Waals surface area (Å²) in [7, 11) is -2.13. The van der Waals surface area contributed by atoms with Crippen LogP contribution in [0, 0.1) is 5.92 Å². The molecule has 1 aliphatic rings. The van der Waals surface area contributed by atoms with Crippen LogP contribution in [0.3, 0.4) is 0 Å². The van der Waals surface area contributed by atoms with Crippen LogP contribution >= 0.6 is 11.7 Å². The largest absolute Gasteiger partial charge is 0.385 e. The average molecular weight is 470 g/mol. The molecule has 0 bridgehead atoms. The molecule has 12 heteroatoms. The van der Waals surface area contributed by atoms with Crippen LogP contribution in [0.15, 0.2) is 23.1 Å². The van der Waals surface area contributed by atoms with E-state index in [1.165, 1.54) is 10.4 Å². The first-order chi connectivity index (χ1) is 14.8. The van der Waals surface area contributed by atoms with E-state index in [0.29, 0.717) is 43.4 Å². The lowest BCUT2D eigenvalue weighted by Crippen LogP contribution is -2.49. The molecule has 1 aromatic heterocycles. The van der Waals surface area contributed by atoms with Crippen LogP contribution in [-0.2, 0) is 24.3 Å². The van der Waals surface area contributed by atoms with Gasteiger partial charge in [0.2, 0.25) is 21.8 Å². The van der Waals surface area contributed by atoms with Crippen molar-refractivity contribution in [2.75, 3.05) is 33.4 Å². The van der Waals surface area contributed by atoms with E-state index in [0.717, 1.165) is 11.7 Å². The maximum absolute atomic E-state index is 13.1. The number of ether oxygens (including phenoxy) is 1. The normalized spacial score (nSPS) is 16.8. The van der Waals surface area contributed by atoms with Crippen LogP contribution in [0.5, 0.6) is 0 Å². The van der Waals surface area contributed by atoms with E-state index >= 15 is 0 Å². The zero-order chi connectivity index (χ0) is 22.4. The van der Waals surface area contributed by atoms with Crippen LogP contribution in [0.1, 0.15) is 26.2 Å². The molecule has 2 N–H and O–H groups in total. The summed E-state index contributed by atoms with van der Waals surface area (Å²) in [5.74, 6) is -0.830. The van der Waals surface area contributed by atoms with Gasteiger partial charge in [0.15, 0.2) is 0 Å². The summed E-state index contributed by atoms with van der Waals surface area (Å²) in [4.78, 5) is 24.8. The van der Waals surface area contributed by atoms with E-state index in [2.05, 4.69) is 19.4 Å². The highest BCUT2D eigenvalue weighted by molar-refractivity contribution is 7.89. The fraction of sp³-hybridized carbons (Fsp3) is 0.579. The average Bonchev–Trinajstić information content (AvgIpc) is 3.25. The second-order valence-corrected chi connectivity index (χ2v) is 9.87. The minimum absolute atomic E-state index is 0.139. The molecule has 10 nitrogen and oxygen atoms in total. The Kier molecular flexibility index (Phi) is 7.92. The third kappa shape index (κ3) is 5.56. The standard InChI is InChI=1S/C19H27N5O5S2/c1-13(18(25)20-9-4-12-29-2)21-19(26)14-7-10-24(11-8-14)31(27,28)16-6-3-5-15-17(16)23-30-22-15/h3,5-6,13-14H,4,7-12H2,1-2H3,(H,20,25)(H,21,26)/t13-/m1/s1. The summed E-state index contributed by atoms with van der Waals surface area (Å²) >= 11 is 0.974. The first kappa shape index (κ1) is 23.5. The molecule has 0 saturated carbocycles. The summed E-state index contributed by atoms with van der Waals surface area (Å²) in [6, 6.07) is 4.25. The Hall–Kier alpha value is -2.15. The predicted molar refractivity (Wildman–Crippen MR) is 116 cm³/mol. The Morgan fingerprint density at radius 2 is 2.03 bits per heavy atom. The molecule has 2 heterocycles. The quantitative estimate of drug-likeness (QED) is 0.518. The first-order valence-electron chi connectivity index (χ1n) is 10.1. The number of aromatic nitrogens is 2. The number of hydrogen-bond donors (Lipinski definition) is 2. The van der Waals surface area contributed by atoms with Crippen molar-refractivity contribution < 1.29 is 22.7 Å². The lowest BCUT2D eigenvalue weighted by molar-refractivity contribution is -0.131. The molecular weight excluding hydrogens is 442 g/mol. The summed E-state index contributed by atoms with van der Waals surface area (Å²) in [5.41, 5.74) is 0.924. The van der Waals surface area contributed by atoms with Crippen LogP contribution in [0.2, 0.25) is 0 Å². The fourth-order valence-electron chi connectivity index (χ4n) is 3.46. The number of benzene rings is 1. The molecule has 1 fully saturated rings. The monoisotopic (exact) mass is 469 g/mol. The van der Waals surface area contributed by atoms with Gasteiger partial charge in [-0.25, -0.2) is 8.42 Å². The van der Waals surface area contributed by atoms with Crippen molar-refractivity contribution >= 4 is 44.6 Å². The van der Waals surface area contributed by atoms with Gasteiger partial charge in [0.25, 0.3) is 0 Å². The lowest BCUT2D eigenvalue weighted by Gasteiger charge is -2.31. The van der Waals surface area contributed by atoms with Gasteiger partial charge in [0.05, 0.1) is 11.7 Å². The van der Waals surface area contributed by atoms with Crippen LogP contribution in [0.4, 0.5) is 0 Å². The highest BCUT2D eigenvalue weighted by atomic mass is 32.2. The third-order valence-electron chi connectivity index (χ3n) is 5.27. The number of fused-ring (bicyclic) bond motifs is 1. The topological polar surface area (TPSA) is 131 Å². The van der Waals surface area contributed by atoms with Crippen molar-refractivity contribution in [2.45, 2.75) is 37.1 Å². The summed E-state index contributed by atoms with van der Waals surface area (Å²) in [6.45, 7) is 3.12. The van der Waals surface area contributed by atoms with Crippen molar-refractivity contribution in [3.05, 3.63) is 18.2 Å². The molecule has 2 amide bonds. The third-order valence-corrected chi connectivity index (χ3v) is 7.74. The van der Waals surface area contributed by atoms with E-state index in [1.54, 1.807) is 26.2 Å². The van der Waals surface area contributed by atoms with Gasteiger partial charge in [-0.05, 0) is 38.3 Å². The molecule has 31 heavy (non-hydrogen) atoms. The highest BCUT2D eigenvalue weighted by Crippen LogP contribution is 2.28. The maximum Gasteiger partial charge on any atom is 0.245 e. The number of hydrogen-bond acceptors (Lipinski definition) is 8. The summed E-state index contributed by atoms with van der Waals surface area (Å²) in [5, 5.41) is 5.48. The van der Waals surface area contributed by atoms with Gasteiger partial charge in [-0.15, -0.1) is 0 Å². The zero-order valence-corrected chi connectivity index (χ0v) is 19.2. The van der Waals surface area contributed by atoms with Gasteiger partial charge in [-0.2, -0.15) is 13.1 Å². The molecule has 0 radical (unpaired) electrons. The Morgan fingerprint density at radius 1 is 1.29 bits per heavy atom. The van der Waals surface area contributed by atoms with Crippen molar-refractivity contribution in [3.8, 4) is 0 Å². The summed E-state index contributed by atoms with van der Waals surface area (Å²) < 4.78 is 40.7. The van der Waals surface area contributed by atoms with Crippen LogP contribution in [-0.4, -0.2) is 72.7 Å². The van der Waals surface area contributed by atoms with Gasteiger partial charge in [-0.3, -0.25) is 9.59 Å². The van der Waals surface area contributed by atoms with E-state index in [4.69, 9.17) is 4.74 Å². The maximum atomic E-state index is 13.1. The second-order valence-electron chi connectivity index (χ2n) is 7.43. The number of carbonyl (C=O) groups is 2. The van der Waals surface area contributed by atoms with Crippen molar-refractivity contribution in [1.29, 1.82) is 0 Å². The van der Waals surface area contributed by atoms with Crippen LogP contribution in [0.25, 0.3) is 11.0 Å². The molecule has 0 spiro atoms. The molecule has 1 aliphatic heterocycles. The van der Waals surface area contributed by atoms with Crippen LogP contribution < -0.4 is 10.6 Å². The Morgan fingerprint density at radius 3 is 2.74 bits per heavy atom. The first-order valence-corrected chi connectivity index (χ1v) is 12.3. The molecule has 3 rings (SSSR count). The number of nitrogens with zero attached hydrogens (tertiary/aromatic N) is 3. The minimum Gasteiger partial charge on any atom is -0.385 e. The fourth-order valence-corrected chi connectivity index (χ4v) is 5.69. The molecule has 1 aromatic carbocycles. The number of carbonyl (C=O) groups excluding carboxylic acids is 2. The number of amides is 2. The van der Waals surface area contributed by atoms with Crippen molar-refractivity contribution in [3.63, 3.8) is 0 Å². The predicted octanol–water partition coefficient (Wildman–Crippen LogP) is 0.749. The minimum atomic E-state index is -3.73. The van der Waals surface area contributed by atoms with Crippen molar-refractivity contribution in [1.82, 2.24) is 23.7 Å². The molecule has 2 aromatic rings. The zero-order valence-electron chi connectivity index (χ0n) is 17.5. The van der Waals surface area contributed by atoms with E-state index < -0.39 is 16.1 Å². The molecule has 1 atom stereocenters. The smallest absolute Gasteiger partial charge is 0.245 e. The van der Waals surface area contributed by atoms with Gasteiger partial charge >= 0.3 is 0 Å². The molecule has 170 valence electrons. The Balaban J connectivity index is 1.53. The highest BCUT2D eigenvalue weighted by Gasteiger charge is 2.34. The molecule has 0 aliphatic carbocycles. The van der Waals surface area contributed by atoms with E-state index in [1.807, 2.05) is 0 Å². The Labute approximate surface area is 185 Å². The van der Waals surface area contributed by atoms with Crippen molar-refractivity contribution in [2.24, 2.45) is 5.92 Å². The van der Waals surface area contributed by atoms with E-state index in [-0.39, 0.29) is 35.7 Å². The summed E-state index contributed by atoms with van der Waals surface area (Å²) in [6.07, 6.45) is 1.47. The molecule has 1 saturated heterocycles. The molecule has 0 unspecified atom stereocenters. The van der Waals surface area contributed by atoms with Gasteiger partial charge < -0.3 is 15.4 Å². The molecular formula is C19H27N5O5S2.